The Kier molecular flexibility index (Phi) is 2.91. The molecule has 1 aromatic rings. The quantitative estimate of drug-likeness (QED) is 0.640. The van der Waals surface area contributed by atoms with E-state index in [1.54, 1.807) is 0 Å². The van der Waals surface area contributed by atoms with Crippen LogP contribution in [0.4, 0.5) is 10.8 Å². The fourth-order valence-electron chi connectivity index (χ4n) is 1.64. The van der Waals surface area contributed by atoms with E-state index < -0.39 is 6.03 Å². The van der Waals surface area contributed by atoms with Gasteiger partial charge in [-0.2, -0.15) is 4.98 Å². The molecular weight excluding hydrogens is 214 g/mol. The topological polar surface area (TPSA) is 129 Å². The molecule has 2 amide bonds. The fraction of sp³-hybridized carbons (Fsp3) is 0.625. The highest BCUT2D eigenvalue weighted by molar-refractivity contribution is 5.71. The summed E-state index contributed by atoms with van der Waals surface area (Å²) in [6.45, 7) is 0.388. The van der Waals surface area contributed by atoms with Crippen molar-refractivity contribution in [2.75, 3.05) is 12.3 Å². The van der Waals surface area contributed by atoms with Crippen molar-refractivity contribution >= 4 is 12.0 Å². The molecule has 2 unspecified atom stereocenters. The van der Waals surface area contributed by atoms with Crippen LogP contribution in [0.3, 0.4) is 0 Å². The summed E-state index contributed by atoms with van der Waals surface area (Å²) in [5, 5.41) is 6.17. The van der Waals surface area contributed by atoms with Crippen molar-refractivity contribution in [3.63, 3.8) is 0 Å². The number of carbonyl (C=O) groups is 1. The lowest BCUT2D eigenvalue weighted by atomic mass is 10.2. The van der Waals surface area contributed by atoms with Gasteiger partial charge in [-0.05, 0) is 12.8 Å². The van der Waals surface area contributed by atoms with Crippen LogP contribution in [-0.4, -0.2) is 28.8 Å². The lowest BCUT2D eigenvalue weighted by Gasteiger charge is -2.11. The highest BCUT2D eigenvalue weighted by Crippen LogP contribution is 2.30. The molecule has 2 atom stereocenters. The third-order valence-corrected chi connectivity index (χ3v) is 2.36. The molecule has 1 fully saturated rings. The zero-order chi connectivity index (χ0) is 11.5. The van der Waals surface area contributed by atoms with Crippen molar-refractivity contribution in [1.82, 2.24) is 15.5 Å². The molecule has 0 aromatic carbocycles. The van der Waals surface area contributed by atoms with Crippen LogP contribution in [0.2, 0.25) is 0 Å². The summed E-state index contributed by atoms with van der Waals surface area (Å²) in [6, 6.07) is -0.534. The number of nitrogens with one attached hydrogen (secondary N) is 1. The molecule has 1 aliphatic rings. The second-order valence-corrected chi connectivity index (χ2v) is 3.56. The number of ether oxygens (including phenoxy) is 1. The van der Waals surface area contributed by atoms with E-state index in [0.29, 0.717) is 12.4 Å². The standard InChI is InChI=1S/C8H13N5O3/c9-7(14)11-3-4-1-2-5(15-4)6-12-8(10)16-13-6/h4-5H,1-3H2,(H3,9,11,14)(H2,10,12,13). The van der Waals surface area contributed by atoms with Gasteiger partial charge in [-0.1, -0.05) is 5.16 Å². The summed E-state index contributed by atoms with van der Waals surface area (Å²) in [7, 11) is 0. The zero-order valence-corrected chi connectivity index (χ0v) is 8.55. The van der Waals surface area contributed by atoms with Crippen molar-refractivity contribution in [1.29, 1.82) is 0 Å². The number of anilines is 1. The molecule has 2 rings (SSSR count). The van der Waals surface area contributed by atoms with E-state index in [9.17, 15) is 4.79 Å². The Morgan fingerprint density at radius 1 is 1.56 bits per heavy atom. The maximum atomic E-state index is 10.5. The number of hydrogen-bond acceptors (Lipinski definition) is 6. The van der Waals surface area contributed by atoms with Crippen LogP contribution in [0, 0.1) is 0 Å². The summed E-state index contributed by atoms with van der Waals surface area (Å²) in [4.78, 5) is 14.4. The van der Waals surface area contributed by atoms with Gasteiger partial charge in [0.2, 0.25) is 5.82 Å². The van der Waals surface area contributed by atoms with Gasteiger partial charge in [-0.25, -0.2) is 4.79 Å². The summed E-state index contributed by atoms with van der Waals surface area (Å²) < 4.78 is 10.3. The predicted molar refractivity (Wildman–Crippen MR) is 53.1 cm³/mol. The number of hydrogen-bond donors (Lipinski definition) is 3. The molecule has 1 aromatic heterocycles. The normalized spacial score (nSPS) is 24.5. The first-order valence-electron chi connectivity index (χ1n) is 4.93. The van der Waals surface area contributed by atoms with E-state index in [1.165, 1.54) is 0 Å². The summed E-state index contributed by atoms with van der Waals surface area (Å²) >= 11 is 0. The lowest BCUT2D eigenvalue weighted by molar-refractivity contribution is 0.0402. The fourth-order valence-corrected chi connectivity index (χ4v) is 1.64. The number of amides is 2. The maximum absolute atomic E-state index is 10.5. The largest absolute Gasteiger partial charge is 0.365 e. The number of urea groups is 1. The molecule has 0 saturated carbocycles. The summed E-state index contributed by atoms with van der Waals surface area (Å²) in [6.07, 6.45) is 1.28. The number of carbonyl (C=O) groups excluding carboxylic acids is 1. The van der Waals surface area contributed by atoms with E-state index in [-0.39, 0.29) is 18.2 Å². The van der Waals surface area contributed by atoms with E-state index in [0.717, 1.165) is 12.8 Å². The molecular formula is C8H13N5O3. The van der Waals surface area contributed by atoms with Gasteiger partial charge in [0.25, 0.3) is 0 Å². The van der Waals surface area contributed by atoms with Gasteiger partial charge in [0.1, 0.15) is 6.10 Å². The minimum absolute atomic E-state index is 0.0253. The average Bonchev–Trinajstić information content (AvgIpc) is 2.83. The minimum atomic E-state index is -0.559. The van der Waals surface area contributed by atoms with Gasteiger partial charge in [-0.3, -0.25) is 0 Å². The maximum Gasteiger partial charge on any atom is 0.318 e. The third kappa shape index (κ3) is 2.40. The SMILES string of the molecule is NC(=O)NCC1CCC(c2noc(N)n2)O1. The molecule has 0 aliphatic carbocycles. The molecule has 8 nitrogen and oxygen atoms in total. The minimum Gasteiger partial charge on any atom is -0.365 e. The van der Waals surface area contributed by atoms with Gasteiger partial charge in [0.15, 0.2) is 0 Å². The molecule has 5 N–H and O–H groups in total. The summed E-state index contributed by atoms with van der Waals surface area (Å²) in [5.74, 6) is 0.444. The molecule has 8 heteroatoms. The van der Waals surface area contributed by atoms with Crippen molar-refractivity contribution < 1.29 is 14.1 Å². The Morgan fingerprint density at radius 2 is 2.38 bits per heavy atom. The first kappa shape index (κ1) is 10.7. The van der Waals surface area contributed by atoms with Crippen LogP contribution in [0.5, 0.6) is 0 Å². The second kappa shape index (κ2) is 4.35. The van der Waals surface area contributed by atoms with E-state index >= 15 is 0 Å². The van der Waals surface area contributed by atoms with Crippen LogP contribution in [-0.2, 0) is 4.74 Å². The van der Waals surface area contributed by atoms with Gasteiger partial charge < -0.3 is 26.0 Å². The number of aromatic nitrogens is 2. The second-order valence-electron chi connectivity index (χ2n) is 3.56. The number of nitrogen functional groups attached to an aromatic ring is 1. The first-order valence-corrected chi connectivity index (χ1v) is 4.93. The molecule has 0 spiro atoms. The molecule has 0 radical (unpaired) electrons. The Morgan fingerprint density at radius 3 is 3.00 bits per heavy atom. The van der Waals surface area contributed by atoms with Crippen molar-refractivity contribution in [2.45, 2.75) is 25.0 Å². The highest BCUT2D eigenvalue weighted by atomic mass is 16.5. The van der Waals surface area contributed by atoms with Gasteiger partial charge >= 0.3 is 12.0 Å². The van der Waals surface area contributed by atoms with Crippen molar-refractivity contribution in [3.8, 4) is 0 Å². The van der Waals surface area contributed by atoms with Gasteiger partial charge in [0.05, 0.1) is 6.10 Å². The number of nitrogens with two attached hydrogens (primary N) is 2. The Hall–Kier alpha value is -1.83. The molecule has 2 heterocycles. The van der Waals surface area contributed by atoms with Crippen LogP contribution in [0.25, 0.3) is 0 Å². The van der Waals surface area contributed by atoms with E-state index in [1.807, 2.05) is 0 Å². The predicted octanol–water partition coefficient (Wildman–Crippen LogP) is -0.460. The van der Waals surface area contributed by atoms with E-state index in [4.69, 9.17) is 16.2 Å². The van der Waals surface area contributed by atoms with Gasteiger partial charge in [0, 0.05) is 6.54 Å². The van der Waals surface area contributed by atoms with Gasteiger partial charge in [-0.15, -0.1) is 0 Å². The molecule has 1 saturated heterocycles. The van der Waals surface area contributed by atoms with Crippen molar-refractivity contribution in [2.24, 2.45) is 5.73 Å². The van der Waals surface area contributed by atoms with Crippen LogP contribution >= 0.6 is 0 Å². The smallest absolute Gasteiger partial charge is 0.318 e. The third-order valence-electron chi connectivity index (χ3n) is 2.36. The van der Waals surface area contributed by atoms with Crippen molar-refractivity contribution in [3.05, 3.63) is 5.82 Å². The summed E-state index contributed by atoms with van der Waals surface area (Å²) in [5.41, 5.74) is 10.3. The zero-order valence-electron chi connectivity index (χ0n) is 8.55. The highest BCUT2D eigenvalue weighted by Gasteiger charge is 2.29. The Balaban J connectivity index is 1.86. The molecule has 1 aliphatic heterocycles. The van der Waals surface area contributed by atoms with Crippen LogP contribution in [0.15, 0.2) is 4.52 Å². The number of nitrogens with zero attached hydrogens (tertiary/aromatic N) is 2. The average molecular weight is 227 g/mol. The lowest BCUT2D eigenvalue weighted by Crippen LogP contribution is -2.35. The molecule has 0 bridgehead atoms. The van der Waals surface area contributed by atoms with Crippen LogP contribution in [0.1, 0.15) is 24.8 Å². The first-order chi connectivity index (χ1) is 7.65. The number of primary amides is 1. The monoisotopic (exact) mass is 227 g/mol. The van der Waals surface area contributed by atoms with E-state index in [2.05, 4.69) is 20.0 Å². The number of rotatable bonds is 3. The molecule has 88 valence electrons. The van der Waals surface area contributed by atoms with Crippen LogP contribution < -0.4 is 16.8 Å². The Bertz CT molecular complexity index is 380. The Labute approximate surface area is 91.3 Å². The molecule has 16 heavy (non-hydrogen) atoms.